The van der Waals surface area contributed by atoms with E-state index in [9.17, 15) is 5.26 Å². The van der Waals surface area contributed by atoms with E-state index in [-0.39, 0.29) is 0 Å². The van der Waals surface area contributed by atoms with Crippen LogP contribution in [-0.4, -0.2) is 4.57 Å². The fourth-order valence-electron chi connectivity index (χ4n) is 4.75. The lowest BCUT2D eigenvalue weighted by Crippen LogP contribution is -1.97. The van der Waals surface area contributed by atoms with Gasteiger partial charge in [0.2, 0.25) is 0 Å². The second kappa shape index (κ2) is 8.39. The fourth-order valence-corrected chi connectivity index (χ4v) is 4.75. The van der Waals surface area contributed by atoms with Gasteiger partial charge in [-0.05, 0) is 56.9 Å². The van der Waals surface area contributed by atoms with Gasteiger partial charge in [0.05, 0.1) is 11.6 Å². The first kappa shape index (κ1) is 20.0. The lowest BCUT2D eigenvalue weighted by atomic mass is 10.00. The number of benzene rings is 5. The van der Waals surface area contributed by atoms with Crippen LogP contribution in [0.5, 0.6) is 0 Å². The van der Waals surface area contributed by atoms with Gasteiger partial charge >= 0.3 is 0 Å². The third-order valence-corrected chi connectivity index (χ3v) is 6.47. The van der Waals surface area contributed by atoms with Crippen molar-refractivity contribution in [2.45, 2.75) is 6.54 Å². The van der Waals surface area contributed by atoms with Crippen LogP contribution in [-0.2, 0) is 6.54 Å². The number of hydrogen-bond acceptors (Lipinski definition) is 1. The third kappa shape index (κ3) is 3.64. The molecular formula is C32H22N2. The maximum atomic E-state index is 10.0. The van der Waals surface area contributed by atoms with Gasteiger partial charge in [0, 0.05) is 29.2 Å². The molecule has 0 unspecified atom stereocenters. The Kier molecular flexibility index (Phi) is 4.94. The van der Waals surface area contributed by atoms with E-state index in [4.69, 9.17) is 0 Å². The summed E-state index contributed by atoms with van der Waals surface area (Å²) in [6.45, 7) is 0.775. The Morgan fingerprint density at radius 2 is 1.35 bits per heavy atom. The lowest BCUT2D eigenvalue weighted by Gasteiger charge is -2.07. The largest absolute Gasteiger partial charge is 0.342 e. The van der Waals surface area contributed by atoms with E-state index in [0.29, 0.717) is 5.57 Å². The van der Waals surface area contributed by atoms with E-state index in [1.54, 1.807) is 0 Å². The molecule has 34 heavy (non-hydrogen) atoms. The van der Waals surface area contributed by atoms with Gasteiger partial charge < -0.3 is 4.57 Å². The SMILES string of the molecule is N#CC(=Cc1cn(Cc2ccc3ccccc3c2)c2ccccc12)c1ccc2ccccc2c1. The van der Waals surface area contributed by atoms with Crippen LogP contribution >= 0.6 is 0 Å². The van der Waals surface area contributed by atoms with Crippen LogP contribution in [0.2, 0.25) is 0 Å². The topological polar surface area (TPSA) is 28.7 Å². The first-order valence-electron chi connectivity index (χ1n) is 11.4. The van der Waals surface area contributed by atoms with Gasteiger partial charge in [0.25, 0.3) is 0 Å². The Hall–Kier alpha value is -4.61. The molecule has 1 heterocycles. The molecule has 0 amide bonds. The maximum absolute atomic E-state index is 10.0. The molecule has 0 fully saturated rings. The predicted molar refractivity (Wildman–Crippen MR) is 142 cm³/mol. The normalized spacial score (nSPS) is 11.8. The Bertz CT molecular complexity index is 1740. The molecule has 0 bridgehead atoms. The molecule has 0 aliphatic carbocycles. The average Bonchev–Trinajstić information content (AvgIpc) is 3.24. The molecule has 160 valence electrons. The third-order valence-electron chi connectivity index (χ3n) is 6.47. The highest BCUT2D eigenvalue weighted by Crippen LogP contribution is 2.28. The number of nitriles is 1. The van der Waals surface area contributed by atoms with Crippen LogP contribution in [0, 0.1) is 11.3 Å². The highest BCUT2D eigenvalue weighted by atomic mass is 15.0. The van der Waals surface area contributed by atoms with Crippen molar-refractivity contribution in [1.29, 1.82) is 5.26 Å². The minimum Gasteiger partial charge on any atom is -0.342 e. The summed E-state index contributed by atoms with van der Waals surface area (Å²) in [6, 6.07) is 40.4. The summed E-state index contributed by atoms with van der Waals surface area (Å²) in [6.07, 6.45) is 4.18. The fraction of sp³-hybridized carbons (Fsp3) is 0.0312. The summed E-state index contributed by atoms with van der Waals surface area (Å²) in [4.78, 5) is 0. The highest BCUT2D eigenvalue weighted by molar-refractivity contribution is 5.99. The minimum atomic E-state index is 0.666. The molecule has 1 aromatic heterocycles. The first-order chi connectivity index (χ1) is 16.8. The van der Waals surface area contributed by atoms with Gasteiger partial charge in [-0.2, -0.15) is 5.26 Å². The zero-order valence-corrected chi connectivity index (χ0v) is 18.6. The molecule has 6 aromatic rings. The summed E-state index contributed by atoms with van der Waals surface area (Å²) in [5.41, 5.74) is 5.08. The Labute approximate surface area is 198 Å². The molecular weight excluding hydrogens is 412 g/mol. The van der Waals surface area contributed by atoms with Crippen LogP contribution in [0.3, 0.4) is 0 Å². The van der Waals surface area contributed by atoms with Crippen LogP contribution < -0.4 is 0 Å². The summed E-state index contributed by atoms with van der Waals surface area (Å²) in [5.74, 6) is 0. The first-order valence-corrected chi connectivity index (χ1v) is 11.4. The van der Waals surface area contributed by atoms with Crippen molar-refractivity contribution < 1.29 is 0 Å². The smallest absolute Gasteiger partial charge is 0.0998 e. The van der Waals surface area contributed by atoms with E-state index in [2.05, 4.69) is 108 Å². The molecule has 0 aliphatic heterocycles. The van der Waals surface area contributed by atoms with Crippen LogP contribution in [0.25, 0.3) is 44.1 Å². The minimum absolute atomic E-state index is 0.666. The van der Waals surface area contributed by atoms with Crippen LogP contribution in [0.4, 0.5) is 0 Å². The summed E-state index contributed by atoms with van der Waals surface area (Å²) in [7, 11) is 0. The summed E-state index contributed by atoms with van der Waals surface area (Å²) < 4.78 is 2.28. The van der Waals surface area contributed by atoms with Crippen molar-refractivity contribution in [2.75, 3.05) is 0 Å². The molecule has 0 saturated heterocycles. The van der Waals surface area contributed by atoms with Crippen LogP contribution in [0.15, 0.2) is 115 Å². The zero-order chi connectivity index (χ0) is 22.9. The van der Waals surface area contributed by atoms with Crippen molar-refractivity contribution >= 4 is 44.1 Å². The highest BCUT2D eigenvalue weighted by Gasteiger charge is 2.10. The van der Waals surface area contributed by atoms with Crippen molar-refractivity contribution in [2.24, 2.45) is 0 Å². The number of nitrogens with zero attached hydrogens (tertiary/aromatic N) is 2. The molecule has 5 aromatic carbocycles. The van der Waals surface area contributed by atoms with Crippen molar-refractivity contribution in [3.05, 3.63) is 132 Å². The second-order valence-electron chi connectivity index (χ2n) is 8.64. The number of para-hydroxylation sites is 1. The monoisotopic (exact) mass is 434 g/mol. The number of allylic oxidation sites excluding steroid dienone is 1. The van der Waals surface area contributed by atoms with Gasteiger partial charge in [0.15, 0.2) is 0 Å². The molecule has 0 atom stereocenters. The zero-order valence-electron chi connectivity index (χ0n) is 18.6. The van der Waals surface area contributed by atoms with Crippen LogP contribution in [0.1, 0.15) is 16.7 Å². The Morgan fingerprint density at radius 1 is 0.706 bits per heavy atom. The molecule has 0 spiro atoms. The molecule has 0 N–H and O–H groups in total. The average molecular weight is 435 g/mol. The van der Waals surface area contributed by atoms with Crippen molar-refractivity contribution in [3.8, 4) is 6.07 Å². The van der Waals surface area contributed by atoms with Gasteiger partial charge in [-0.25, -0.2) is 0 Å². The molecule has 0 radical (unpaired) electrons. The van der Waals surface area contributed by atoms with Gasteiger partial charge in [-0.1, -0.05) is 91.0 Å². The predicted octanol–water partition coefficient (Wildman–Crippen LogP) is 8.06. The number of rotatable bonds is 4. The van der Waals surface area contributed by atoms with E-state index in [1.165, 1.54) is 21.7 Å². The van der Waals surface area contributed by atoms with E-state index < -0.39 is 0 Å². The number of aromatic nitrogens is 1. The lowest BCUT2D eigenvalue weighted by molar-refractivity contribution is 0.837. The van der Waals surface area contributed by atoms with E-state index >= 15 is 0 Å². The standard InChI is InChI=1S/C32H22N2/c33-20-29(28-16-15-25-8-2-4-10-27(25)18-28)19-30-22-34(32-12-6-5-11-31(30)32)21-23-13-14-24-7-1-3-9-26(24)17-23/h1-19,22H,21H2. The molecule has 2 nitrogen and oxygen atoms in total. The van der Waals surface area contributed by atoms with Crippen molar-refractivity contribution in [3.63, 3.8) is 0 Å². The van der Waals surface area contributed by atoms with Gasteiger partial charge in [-0.15, -0.1) is 0 Å². The van der Waals surface area contributed by atoms with Crippen molar-refractivity contribution in [1.82, 2.24) is 4.57 Å². The molecule has 2 heteroatoms. The number of hydrogen-bond donors (Lipinski definition) is 0. The quantitative estimate of drug-likeness (QED) is 0.258. The maximum Gasteiger partial charge on any atom is 0.0998 e. The van der Waals surface area contributed by atoms with Gasteiger partial charge in [0.1, 0.15) is 0 Å². The van der Waals surface area contributed by atoms with E-state index in [0.717, 1.165) is 34.0 Å². The molecule has 0 aliphatic rings. The van der Waals surface area contributed by atoms with E-state index in [1.807, 2.05) is 24.3 Å². The molecule has 0 saturated carbocycles. The second-order valence-corrected chi connectivity index (χ2v) is 8.64. The summed E-state index contributed by atoms with van der Waals surface area (Å²) >= 11 is 0. The summed E-state index contributed by atoms with van der Waals surface area (Å²) in [5, 5.41) is 16.0. The van der Waals surface area contributed by atoms with Gasteiger partial charge in [-0.3, -0.25) is 0 Å². The molecule has 6 rings (SSSR count). The Balaban J connectivity index is 1.43. The number of fused-ring (bicyclic) bond motifs is 3. The Morgan fingerprint density at radius 3 is 2.12 bits per heavy atom.